The summed E-state index contributed by atoms with van der Waals surface area (Å²) in [6.45, 7) is 4.08. The van der Waals surface area contributed by atoms with E-state index in [0.29, 0.717) is 6.42 Å². The van der Waals surface area contributed by atoms with Gasteiger partial charge in [-0.15, -0.1) is 0 Å². The van der Waals surface area contributed by atoms with Crippen LogP contribution in [-0.2, 0) is 4.79 Å². The van der Waals surface area contributed by atoms with Gasteiger partial charge in [0.25, 0.3) is 0 Å². The van der Waals surface area contributed by atoms with Crippen molar-refractivity contribution in [1.82, 2.24) is 5.32 Å². The van der Waals surface area contributed by atoms with Crippen molar-refractivity contribution in [1.29, 1.82) is 0 Å². The van der Waals surface area contributed by atoms with Gasteiger partial charge in [0.2, 0.25) is 5.91 Å². The molecule has 1 amide bonds. The minimum Gasteiger partial charge on any atom is -0.394 e. The first kappa shape index (κ1) is 39.3. The highest BCUT2D eigenvalue weighted by Crippen LogP contribution is 2.10. The second-order valence-electron chi connectivity index (χ2n) is 11.3. The number of nitrogens with one attached hydrogen (secondary N) is 1. The van der Waals surface area contributed by atoms with Gasteiger partial charge in [-0.2, -0.15) is 0 Å². The monoisotopic (exact) mass is 575 g/mol. The maximum Gasteiger partial charge on any atom is 0.249 e. The van der Waals surface area contributed by atoms with Crippen molar-refractivity contribution in [2.45, 2.75) is 167 Å². The highest BCUT2D eigenvalue weighted by molar-refractivity contribution is 5.80. The number of hydrogen-bond acceptors (Lipinski definition) is 4. The van der Waals surface area contributed by atoms with E-state index in [0.717, 1.165) is 57.8 Å². The van der Waals surface area contributed by atoms with Crippen molar-refractivity contribution in [3.63, 3.8) is 0 Å². The lowest BCUT2D eigenvalue weighted by Crippen LogP contribution is -2.48. The molecule has 238 valence electrons. The Morgan fingerprint density at radius 3 is 1.54 bits per heavy atom. The Balaban J connectivity index is 3.91. The first-order chi connectivity index (χ1) is 20.1. The quantitative estimate of drug-likeness (QED) is 0.0531. The molecule has 0 aliphatic carbocycles. The zero-order valence-electron chi connectivity index (χ0n) is 26.7. The van der Waals surface area contributed by atoms with E-state index in [1.54, 1.807) is 6.08 Å². The number of amides is 1. The molecule has 0 rings (SSSR count). The molecule has 0 aliphatic heterocycles. The summed E-state index contributed by atoms with van der Waals surface area (Å²) < 4.78 is 0. The maximum absolute atomic E-state index is 12.3. The van der Waals surface area contributed by atoms with E-state index in [2.05, 4.69) is 55.6 Å². The third kappa shape index (κ3) is 26.9. The molecule has 0 radical (unpaired) electrons. The minimum atomic E-state index is -1.12. The number of carbonyl (C=O) groups excluding carboxylic acids is 1. The van der Waals surface area contributed by atoms with Gasteiger partial charge in [0.05, 0.1) is 18.8 Å². The fourth-order valence-electron chi connectivity index (χ4n) is 4.62. The van der Waals surface area contributed by atoms with Crippen LogP contribution in [0.15, 0.2) is 48.6 Å². The topological polar surface area (TPSA) is 89.8 Å². The summed E-state index contributed by atoms with van der Waals surface area (Å²) in [5.74, 6) is -0.532. The number of aliphatic hydroxyl groups is 3. The molecule has 3 unspecified atom stereocenters. The van der Waals surface area contributed by atoms with Crippen molar-refractivity contribution >= 4 is 5.91 Å². The first-order valence-electron chi connectivity index (χ1n) is 17.0. The van der Waals surface area contributed by atoms with Crippen LogP contribution in [0.3, 0.4) is 0 Å². The number of hydrogen-bond donors (Lipinski definition) is 4. The molecule has 0 aromatic rings. The first-order valence-corrected chi connectivity index (χ1v) is 17.0. The van der Waals surface area contributed by atoms with Gasteiger partial charge in [-0.3, -0.25) is 4.79 Å². The summed E-state index contributed by atoms with van der Waals surface area (Å²) in [6, 6.07) is -0.823. The number of unbranched alkanes of at least 4 members (excludes halogenated alkanes) is 15. The molecule has 5 nitrogen and oxygen atoms in total. The van der Waals surface area contributed by atoms with E-state index in [1.165, 1.54) is 70.6 Å². The Morgan fingerprint density at radius 1 is 0.585 bits per heavy atom. The van der Waals surface area contributed by atoms with Gasteiger partial charge in [0.1, 0.15) is 6.10 Å². The second kappa shape index (κ2) is 31.3. The zero-order valence-corrected chi connectivity index (χ0v) is 26.7. The van der Waals surface area contributed by atoms with E-state index >= 15 is 0 Å². The van der Waals surface area contributed by atoms with E-state index in [-0.39, 0.29) is 6.61 Å². The Bertz CT molecular complexity index is 685. The van der Waals surface area contributed by atoms with Gasteiger partial charge >= 0.3 is 0 Å². The molecular formula is C36H65NO4. The van der Waals surface area contributed by atoms with Crippen LogP contribution in [0.4, 0.5) is 0 Å². The van der Waals surface area contributed by atoms with Crippen molar-refractivity contribution in [2.24, 2.45) is 0 Å². The van der Waals surface area contributed by atoms with Crippen LogP contribution in [0.5, 0.6) is 0 Å². The summed E-state index contributed by atoms with van der Waals surface area (Å²) >= 11 is 0. The highest BCUT2D eigenvalue weighted by atomic mass is 16.3. The fourth-order valence-corrected chi connectivity index (χ4v) is 4.62. The van der Waals surface area contributed by atoms with Gasteiger partial charge in [-0.25, -0.2) is 0 Å². The van der Waals surface area contributed by atoms with Gasteiger partial charge in [0.15, 0.2) is 0 Å². The molecule has 0 bridgehead atoms. The minimum absolute atomic E-state index is 0.387. The van der Waals surface area contributed by atoms with Crippen LogP contribution in [0.1, 0.15) is 149 Å². The van der Waals surface area contributed by atoms with Gasteiger partial charge in [0, 0.05) is 0 Å². The van der Waals surface area contributed by atoms with Crippen molar-refractivity contribution in [3.05, 3.63) is 48.6 Å². The summed E-state index contributed by atoms with van der Waals surface area (Å²) in [4.78, 5) is 12.3. The Hall–Kier alpha value is -1.69. The van der Waals surface area contributed by atoms with Gasteiger partial charge in [-0.1, -0.05) is 127 Å². The molecule has 0 spiro atoms. The average molecular weight is 576 g/mol. The summed E-state index contributed by atoms with van der Waals surface area (Å²) in [6.07, 6.45) is 38.3. The largest absolute Gasteiger partial charge is 0.394 e. The standard InChI is InChI=1S/C36H65NO4/c1-3-5-7-9-11-13-15-16-17-18-19-21-22-24-26-28-30-34(39)33(32-38)37-36(41)35(40)31-29-27-25-23-20-14-12-10-8-6-4-2/h12,14,16-17,21-22,28,30,33-35,38-40H,3-11,13,15,18-20,23-27,29,31-32H2,1-2H3,(H,37,41)/b14-12-,17-16+,22-21+,30-28+. The molecule has 0 saturated carbocycles. The van der Waals surface area contributed by atoms with Crippen molar-refractivity contribution in [3.8, 4) is 0 Å². The number of aliphatic hydroxyl groups excluding tert-OH is 3. The molecule has 0 heterocycles. The molecule has 41 heavy (non-hydrogen) atoms. The lowest BCUT2D eigenvalue weighted by molar-refractivity contribution is -0.131. The lowest BCUT2D eigenvalue weighted by Gasteiger charge is -2.21. The average Bonchev–Trinajstić information content (AvgIpc) is 2.98. The molecule has 5 heteroatoms. The van der Waals surface area contributed by atoms with E-state index in [1.807, 2.05) is 6.08 Å². The molecule has 0 saturated heterocycles. The Kier molecular flexibility index (Phi) is 30.0. The Labute approximate surface area is 253 Å². The number of rotatable bonds is 29. The van der Waals surface area contributed by atoms with Crippen molar-refractivity contribution < 1.29 is 20.1 Å². The molecular weight excluding hydrogens is 510 g/mol. The lowest BCUT2D eigenvalue weighted by atomic mass is 10.1. The fraction of sp³-hybridized carbons (Fsp3) is 0.750. The van der Waals surface area contributed by atoms with E-state index in [9.17, 15) is 20.1 Å². The maximum atomic E-state index is 12.3. The van der Waals surface area contributed by atoms with Crippen LogP contribution < -0.4 is 5.32 Å². The zero-order chi connectivity index (χ0) is 30.2. The molecule has 4 N–H and O–H groups in total. The smallest absolute Gasteiger partial charge is 0.249 e. The van der Waals surface area contributed by atoms with Gasteiger partial charge < -0.3 is 20.6 Å². The van der Waals surface area contributed by atoms with Crippen LogP contribution in [0, 0.1) is 0 Å². The van der Waals surface area contributed by atoms with Crippen LogP contribution in [0.2, 0.25) is 0 Å². The SMILES string of the molecule is CCCCC/C=C\CCCCCCC(O)C(=O)NC(CO)C(O)/C=C/CC/C=C/CC/C=C/CCCCCCCC. The molecule has 0 aromatic carbocycles. The molecule has 0 fully saturated rings. The highest BCUT2D eigenvalue weighted by Gasteiger charge is 2.22. The second-order valence-corrected chi connectivity index (χ2v) is 11.3. The predicted octanol–water partition coefficient (Wildman–Crippen LogP) is 8.64. The molecule has 0 aliphatic rings. The summed E-state index contributed by atoms with van der Waals surface area (Å²) in [7, 11) is 0. The van der Waals surface area contributed by atoms with Crippen molar-refractivity contribution in [2.75, 3.05) is 6.61 Å². The van der Waals surface area contributed by atoms with Gasteiger partial charge in [-0.05, 0) is 70.6 Å². The summed E-state index contributed by atoms with van der Waals surface area (Å²) in [5.41, 5.74) is 0. The Morgan fingerprint density at radius 2 is 1.00 bits per heavy atom. The number of carbonyl (C=O) groups is 1. The predicted molar refractivity (Wildman–Crippen MR) is 176 cm³/mol. The van der Waals surface area contributed by atoms with E-state index in [4.69, 9.17) is 0 Å². The molecule has 3 atom stereocenters. The van der Waals surface area contributed by atoms with Crippen LogP contribution in [0.25, 0.3) is 0 Å². The van der Waals surface area contributed by atoms with Crippen LogP contribution >= 0.6 is 0 Å². The number of allylic oxidation sites excluding steroid dienone is 7. The van der Waals surface area contributed by atoms with E-state index < -0.39 is 24.2 Å². The summed E-state index contributed by atoms with van der Waals surface area (Å²) in [5, 5.41) is 32.8. The normalized spacial score (nSPS) is 14.6. The third-order valence-electron chi connectivity index (χ3n) is 7.37. The molecule has 0 aromatic heterocycles. The third-order valence-corrected chi connectivity index (χ3v) is 7.37. The van der Waals surface area contributed by atoms with Crippen LogP contribution in [-0.4, -0.2) is 46.1 Å².